The number of aryl methyl sites for hydroxylation is 1. The quantitative estimate of drug-likeness (QED) is 0.742. The largest absolute Gasteiger partial charge is 0.263 e. The van der Waals surface area contributed by atoms with Gasteiger partial charge in [-0.05, 0) is 46.9 Å². The Morgan fingerprint density at radius 3 is 2.94 bits per heavy atom. The van der Waals surface area contributed by atoms with Gasteiger partial charge in [0.05, 0.1) is 5.02 Å². The number of alkyl halides is 1. The van der Waals surface area contributed by atoms with Gasteiger partial charge in [-0.2, -0.15) is 11.3 Å². The van der Waals surface area contributed by atoms with Crippen molar-refractivity contribution in [1.29, 1.82) is 0 Å². The maximum absolute atomic E-state index is 6.09. The van der Waals surface area contributed by atoms with Crippen LogP contribution in [0.25, 0.3) is 0 Å². The number of nitrogens with zero attached hydrogens (tertiary/aromatic N) is 1. The second-order valence-corrected chi connectivity index (χ2v) is 5.90. The van der Waals surface area contributed by atoms with Crippen molar-refractivity contribution in [2.45, 2.75) is 18.2 Å². The first-order chi connectivity index (χ1) is 7.68. The third-order valence-electron chi connectivity index (χ3n) is 2.49. The van der Waals surface area contributed by atoms with Crippen molar-refractivity contribution in [3.05, 3.63) is 50.9 Å². The number of aromatic nitrogens is 1. The molecule has 1 atom stereocenters. The predicted molar refractivity (Wildman–Crippen MR) is 73.7 cm³/mol. The molecule has 16 heavy (non-hydrogen) atoms. The van der Waals surface area contributed by atoms with Gasteiger partial charge in [-0.25, -0.2) is 0 Å². The smallest absolute Gasteiger partial charge is 0.0621 e. The average Bonchev–Trinajstić information content (AvgIpc) is 2.68. The maximum atomic E-state index is 6.09. The molecule has 0 radical (unpaired) electrons. The molecular formula is C12H11BrClNS. The highest BCUT2D eigenvalue weighted by molar-refractivity contribution is 9.09. The van der Waals surface area contributed by atoms with E-state index in [1.807, 2.05) is 6.07 Å². The summed E-state index contributed by atoms with van der Waals surface area (Å²) in [5, 5.41) is 5.08. The van der Waals surface area contributed by atoms with Crippen LogP contribution in [0.2, 0.25) is 5.02 Å². The molecule has 2 heterocycles. The van der Waals surface area contributed by atoms with Crippen LogP contribution < -0.4 is 0 Å². The van der Waals surface area contributed by atoms with Crippen LogP contribution in [-0.2, 0) is 6.42 Å². The van der Waals surface area contributed by atoms with Crippen LogP contribution in [0.5, 0.6) is 0 Å². The van der Waals surface area contributed by atoms with E-state index in [4.69, 9.17) is 11.6 Å². The molecule has 2 rings (SSSR count). The van der Waals surface area contributed by atoms with Gasteiger partial charge >= 0.3 is 0 Å². The molecule has 2 aromatic rings. The summed E-state index contributed by atoms with van der Waals surface area (Å²) < 4.78 is 0. The zero-order valence-corrected chi connectivity index (χ0v) is 11.9. The van der Waals surface area contributed by atoms with Gasteiger partial charge in [-0.15, -0.1) is 0 Å². The van der Waals surface area contributed by atoms with Crippen LogP contribution in [-0.4, -0.2) is 4.98 Å². The van der Waals surface area contributed by atoms with E-state index in [0.29, 0.717) is 4.83 Å². The lowest BCUT2D eigenvalue weighted by Crippen LogP contribution is -1.96. The lowest BCUT2D eigenvalue weighted by Gasteiger charge is -2.10. The monoisotopic (exact) mass is 315 g/mol. The van der Waals surface area contributed by atoms with Gasteiger partial charge in [-0.3, -0.25) is 4.98 Å². The summed E-state index contributed by atoms with van der Waals surface area (Å²) in [5.74, 6) is 0. The van der Waals surface area contributed by atoms with E-state index in [1.54, 1.807) is 23.7 Å². The molecule has 0 fully saturated rings. The molecule has 0 aliphatic carbocycles. The summed E-state index contributed by atoms with van der Waals surface area (Å²) in [6.07, 6.45) is 4.36. The van der Waals surface area contributed by atoms with Crippen molar-refractivity contribution in [2.75, 3.05) is 0 Å². The standard InChI is InChI=1S/C12H11BrClNS/c1-8-6-16-7-10(8)11(13)4-9-2-3-15-5-12(9)14/h2-3,5-7,11H,4H2,1H3. The molecule has 0 spiro atoms. The molecule has 2 aromatic heterocycles. The lowest BCUT2D eigenvalue weighted by atomic mass is 10.1. The zero-order chi connectivity index (χ0) is 11.5. The number of pyridine rings is 1. The maximum Gasteiger partial charge on any atom is 0.0621 e. The van der Waals surface area contributed by atoms with E-state index in [-0.39, 0.29) is 0 Å². The van der Waals surface area contributed by atoms with Crippen LogP contribution in [0.15, 0.2) is 29.2 Å². The van der Waals surface area contributed by atoms with E-state index in [1.165, 1.54) is 11.1 Å². The van der Waals surface area contributed by atoms with Crippen molar-refractivity contribution in [3.63, 3.8) is 0 Å². The van der Waals surface area contributed by atoms with E-state index in [9.17, 15) is 0 Å². The lowest BCUT2D eigenvalue weighted by molar-refractivity contribution is 0.941. The summed E-state index contributed by atoms with van der Waals surface area (Å²) in [6, 6.07) is 1.97. The highest BCUT2D eigenvalue weighted by atomic mass is 79.9. The fourth-order valence-electron chi connectivity index (χ4n) is 1.56. The minimum absolute atomic E-state index is 0.318. The van der Waals surface area contributed by atoms with Gasteiger partial charge in [0.25, 0.3) is 0 Å². The molecule has 0 saturated heterocycles. The van der Waals surface area contributed by atoms with Crippen molar-refractivity contribution in [2.24, 2.45) is 0 Å². The first-order valence-electron chi connectivity index (χ1n) is 4.93. The fourth-order valence-corrected chi connectivity index (χ4v) is 3.68. The Kier molecular flexibility index (Phi) is 4.00. The molecule has 0 aromatic carbocycles. The van der Waals surface area contributed by atoms with Crippen molar-refractivity contribution in [3.8, 4) is 0 Å². The SMILES string of the molecule is Cc1cscc1C(Br)Cc1ccncc1Cl. The highest BCUT2D eigenvalue weighted by Crippen LogP contribution is 2.33. The number of hydrogen-bond acceptors (Lipinski definition) is 2. The van der Waals surface area contributed by atoms with E-state index >= 15 is 0 Å². The average molecular weight is 317 g/mol. The van der Waals surface area contributed by atoms with Crippen molar-refractivity contribution < 1.29 is 0 Å². The molecule has 0 saturated carbocycles. The van der Waals surface area contributed by atoms with Gasteiger partial charge in [0.15, 0.2) is 0 Å². The number of hydrogen-bond donors (Lipinski definition) is 0. The van der Waals surface area contributed by atoms with Crippen molar-refractivity contribution >= 4 is 38.9 Å². The van der Waals surface area contributed by atoms with Crippen LogP contribution >= 0.6 is 38.9 Å². The second kappa shape index (κ2) is 5.30. The van der Waals surface area contributed by atoms with Gasteiger partial charge < -0.3 is 0 Å². The predicted octanol–water partition coefficient (Wildman–Crippen LogP) is 4.78. The van der Waals surface area contributed by atoms with Crippen LogP contribution in [0.3, 0.4) is 0 Å². The summed E-state index contributed by atoms with van der Waals surface area (Å²) in [5.41, 5.74) is 3.80. The summed E-state index contributed by atoms with van der Waals surface area (Å²) in [7, 11) is 0. The van der Waals surface area contributed by atoms with E-state index in [0.717, 1.165) is 17.0 Å². The third-order valence-corrected chi connectivity index (χ3v) is 4.53. The molecule has 0 amide bonds. The number of thiophene rings is 1. The Bertz CT molecular complexity index is 483. The molecule has 0 aliphatic heterocycles. The van der Waals surface area contributed by atoms with Gasteiger partial charge in [0, 0.05) is 17.2 Å². The molecule has 0 N–H and O–H groups in total. The molecule has 1 unspecified atom stereocenters. The molecule has 4 heteroatoms. The van der Waals surface area contributed by atoms with Gasteiger partial charge in [0.2, 0.25) is 0 Å². The third kappa shape index (κ3) is 2.65. The molecule has 84 valence electrons. The molecule has 1 nitrogen and oxygen atoms in total. The first kappa shape index (κ1) is 12.1. The number of rotatable bonds is 3. The Morgan fingerprint density at radius 2 is 2.31 bits per heavy atom. The summed E-state index contributed by atoms with van der Waals surface area (Å²) in [4.78, 5) is 4.31. The first-order valence-corrected chi connectivity index (χ1v) is 7.17. The van der Waals surface area contributed by atoms with Crippen molar-refractivity contribution in [1.82, 2.24) is 4.98 Å². The van der Waals surface area contributed by atoms with Crippen LogP contribution in [0.1, 0.15) is 21.5 Å². The Balaban J connectivity index is 2.17. The molecule has 0 bridgehead atoms. The molecule has 0 aliphatic rings. The minimum atomic E-state index is 0.318. The zero-order valence-electron chi connectivity index (χ0n) is 8.78. The Hall–Kier alpha value is -0.380. The molecular weight excluding hydrogens is 306 g/mol. The normalized spacial score (nSPS) is 12.7. The van der Waals surface area contributed by atoms with Crippen LogP contribution in [0, 0.1) is 6.92 Å². The van der Waals surface area contributed by atoms with Gasteiger partial charge in [-0.1, -0.05) is 27.5 Å². The summed E-state index contributed by atoms with van der Waals surface area (Å²) >= 11 is 11.5. The van der Waals surface area contributed by atoms with Crippen LogP contribution in [0.4, 0.5) is 0 Å². The van der Waals surface area contributed by atoms with Gasteiger partial charge in [0.1, 0.15) is 0 Å². The van der Waals surface area contributed by atoms with E-state index < -0.39 is 0 Å². The number of halogens is 2. The second-order valence-electron chi connectivity index (χ2n) is 3.65. The Morgan fingerprint density at radius 1 is 1.50 bits per heavy atom. The summed E-state index contributed by atoms with van der Waals surface area (Å²) in [6.45, 7) is 2.13. The topological polar surface area (TPSA) is 12.9 Å². The van der Waals surface area contributed by atoms with E-state index in [2.05, 4.69) is 38.6 Å². The highest BCUT2D eigenvalue weighted by Gasteiger charge is 2.13. The minimum Gasteiger partial charge on any atom is -0.263 e. The fraction of sp³-hybridized carbons (Fsp3) is 0.250. The Labute approximate surface area is 113 Å².